The van der Waals surface area contributed by atoms with Crippen LogP contribution < -0.4 is 0 Å². The van der Waals surface area contributed by atoms with Crippen LogP contribution in [-0.2, 0) is 10.1 Å². The SMILES string of the molecule is O=S(=O)(O)c1ccc2nc3cc(O)ccc3nc2c1. The van der Waals surface area contributed by atoms with Gasteiger partial charge in [0.2, 0.25) is 0 Å². The maximum absolute atomic E-state index is 11.1. The molecule has 96 valence electrons. The van der Waals surface area contributed by atoms with E-state index < -0.39 is 10.1 Å². The second-order valence-corrected chi connectivity index (χ2v) is 5.44. The van der Waals surface area contributed by atoms with Gasteiger partial charge in [0.1, 0.15) is 5.75 Å². The van der Waals surface area contributed by atoms with Crippen molar-refractivity contribution in [1.82, 2.24) is 9.97 Å². The van der Waals surface area contributed by atoms with Gasteiger partial charge >= 0.3 is 0 Å². The molecule has 2 N–H and O–H groups in total. The predicted octanol–water partition coefficient (Wildman–Crippen LogP) is 1.74. The Morgan fingerprint density at radius 3 is 2.05 bits per heavy atom. The number of benzene rings is 2. The van der Waals surface area contributed by atoms with Crippen LogP contribution in [0.15, 0.2) is 41.3 Å². The number of hydrogen-bond donors (Lipinski definition) is 2. The molecule has 0 aliphatic rings. The van der Waals surface area contributed by atoms with Crippen LogP contribution in [0.25, 0.3) is 22.1 Å². The Labute approximate surface area is 108 Å². The van der Waals surface area contributed by atoms with Crippen molar-refractivity contribution in [3.63, 3.8) is 0 Å². The van der Waals surface area contributed by atoms with E-state index in [0.717, 1.165) is 0 Å². The minimum atomic E-state index is -4.26. The Hall–Kier alpha value is -2.25. The third-order valence-electron chi connectivity index (χ3n) is 2.69. The summed E-state index contributed by atoms with van der Waals surface area (Å²) in [5.41, 5.74) is 1.86. The van der Waals surface area contributed by atoms with Gasteiger partial charge in [-0.2, -0.15) is 8.42 Å². The summed E-state index contributed by atoms with van der Waals surface area (Å²) in [6.07, 6.45) is 0. The van der Waals surface area contributed by atoms with E-state index in [1.54, 1.807) is 6.07 Å². The van der Waals surface area contributed by atoms with E-state index >= 15 is 0 Å². The highest BCUT2D eigenvalue weighted by molar-refractivity contribution is 7.85. The first-order valence-corrected chi connectivity index (χ1v) is 6.75. The third kappa shape index (κ3) is 2.09. The maximum Gasteiger partial charge on any atom is 0.294 e. The van der Waals surface area contributed by atoms with E-state index in [-0.39, 0.29) is 10.6 Å². The molecule has 0 atom stereocenters. The van der Waals surface area contributed by atoms with Gasteiger partial charge in [0.15, 0.2) is 0 Å². The van der Waals surface area contributed by atoms with Crippen LogP contribution in [0, 0.1) is 0 Å². The monoisotopic (exact) mass is 276 g/mol. The Morgan fingerprint density at radius 1 is 0.842 bits per heavy atom. The molecule has 1 heterocycles. The minimum absolute atomic E-state index is 0.0794. The summed E-state index contributed by atoms with van der Waals surface area (Å²) in [7, 11) is -4.26. The number of aromatic nitrogens is 2. The Kier molecular flexibility index (Phi) is 2.41. The second-order valence-electron chi connectivity index (χ2n) is 4.02. The zero-order valence-corrected chi connectivity index (χ0v) is 10.3. The molecule has 0 fully saturated rings. The molecule has 6 nitrogen and oxygen atoms in total. The van der Waals surface area contributed by atoms with Crippen LogP contribution in [0.2, 0.25) is 0 Å². The van der Waals surface area contributed by atoms with Gasteiger partial charge in [0.05, 0.1) is 27.0 Å². The number of fused-ring (bicyclic) bond motifs is 2. The van der Waals surface area contributed by atoms with Gasteiger partial charge in [0.25, 0.3) is 10.1 Å². The molecule has 0 amide bonds. The molecule has 7 heteroatoms. The average molecular weight is 276 g/mol. The first kappa shape index (κ1) is 11.8. The maximum atomic E-state index is 11.1. The van der Waals surface area contributed by atoms with Crippen molar-refractivity contribution in [2.45, 2.75) is 4.90 Å². The smallest absolute Gasteiger partial charge is 0.294 e. The van der Waals surface area contributed by atoms with Crippen LogP contribution in [0.5, 0.6) is 5.75 Å². The molecule has 0 aliphatic heterocycles. The number of rotatable bonds is 1. The fourth-order valence-electron chi connectivity index (χ4n) is 1.80. The molecular formula is C12H8N2O4S. The standard InChI is InChI=1S/C12H8N2O4S/c15-7-1-3-9-11(5-7)13-10-4-2-8(19(16,17)18)6-12(10)14-9/h1-6,15H,(H,16,17,18). The predicted molar refractivity (Wildman–Crippen MR) is 68.5 cm³/mol. The molecule has 3 rings (SSSR count). The van der Waals surface area contributed by atoms with Crippen LogP contribution in [0.3, 0.4) is 0 Å². The van der Waals surface area contributed by atoms with Gasteiger partial charge in [-0.15, -0.1) is 0 Å². The molecule has 0 bridgehead atoms. The van der Waals surface area contributed by atoms with E-state index in [1.165, 1.54) is 30.3 Å². The molecule has 0 saturated heterocycles. The van der Waals surface area contributed by atoms with Crippen molar-refractivity contribution in [2.24, 2.45) is 0 Å². The molecule has 2 aromatic carbocycles. The third-order valence-corrected chi connectivity index (χ3v) is 3.54. The normalized spacial score (nSPS) is 12.1. The lowest BCUT2D eigenvalue weighted by molar-refractivity contribution is 0.476. The second kappa shape index (κ2) is 3.87. The van der Waals surface area contributed by atoms with Gasteiger partial charge < -0.3 is 5.11 Å². The zero-order chi connectivity index (χ0) is 13.6. The molecule has 0 aliphatic carbocycles. The van der Waals surface area contributed by atoms with E-state index in [0.29, 0.717) is 22.1 Å². The molecule has 0 unspecified atom stereocenters. The fourth-order valence-corrected chi connectivity index (χ4v) is 2.30. The number of phenolic OH excluding ortho intramolecular Hbond substituents is 1. The number of nitrogens with zero attached hydrogens (tertiary/aromatic N) is 2. The van der Waals surface area contributed by atoms with Crippen LogP contribution in [-0.4, -0.2) is 28.0 Å². The highest BCUT2D eigenvalue weighted by Gasteiger charge is 2.11. The van der Waals surface area contributed by atoms with Crippen LogP contribution in [0.1, 0.15) is 0 Å². The summed E-state index contributed by atoms with van der Waals surface area (Å²) >= 11 is 0. The summed E-state index contributed by atoms with van der Waals surface area (Å²) in [5, 5.41) is 9.37. The van der Waals surface area contributed by atoms with Gasteiger partial charge in [-0.1, -0.05) is 0 Å². The van der Waals surface area contributed by atoms with Crippen LogP contribution in [0.4, 0.5) is 0 Å². The van der Waals surface area contributed by atoms with Crippen molar-refractivity contribution >= 4 is 32.2 Å². The number of hydrogen-bond acceptors (Lipinski definition) is 5. The van der Waals surface area contributed by atoms with Crippen molar-refractivity contribution in [2.75, 3.05) is 0 Å². The van der Waals surface area contributed by atoms with Crippen molar-refractivity contribution < 1.29 is 18.1 Å². The van der Waals surface area contributed by atoms with E-state index in [4.69, 9.17) is 4.55 Å². The van der Waals surface area contributed by atoms with Crippen molar-refractivity contribution in [1.29, 1.82) is 0 Å². The van der Waals surface area contributed by atoms with Gasteiger partial charge in [-0.25, -0.2) is 9.97 Å². The summed E-state index contributed by atoms with van der Waals surface area (Å²) in [6, 6.07) is 8.48. The average Bonchev–Trinajstić information content (AvgIpc) is 2.34. The molecular weight excluding hydrogens is 268 g/mol. The Bertz CT molecular complexity index is 906. The summed E-state index contributed by atoms with van der Waals surface area (Å²) < 4.78 is 31.1. The zero-order valence-electron chi connectivity index (χ0n) is 9.48. The van der Waals surface area contributed by atoms with Crippen molar-refractivity contribution in [3.8, 4) is 5.75 Å². The van der Waals surface area contributed by atoms with Crippen LogP contribution >= 0.6 is 0 Å². The first-order chi connectivity index (χ1) is 8.93. The highest BCUT2D eigenvalue weighted by atomic mass is 32.2. The van der Waals surface area contributed by atoms with Crippen molar-refractivity contribution in [3.05, 3.63) is 36.4 Å². The molecule has 0 saturated carbocycles. The number of phenols is 1. The molecule has 0 radical (unpaired) electrons. The van der Waals surface area contributed by atoms with Gasteiger partial charge in [-0.05, 0) is 30.3 Å². The summed E-state index contributed by atoms with van der Waals surface area (Å²) in [5.74, 6) is 0.0794. The molecule has 1 aromatic heterocycles. The molecule has 19 heavy (non-hydrogen) atoms. The highest BCUT2D eigenvalue weighted by Crippen LogP contribution is 2.22. The van der Waals surface area contributed by atoms with Gasteiger partial charge in [-0.3, -0.25) is 4.55 Å². The first-order valence-electron chi connectivity index (χ1n) is 5.31. The molecule has 0 spiro atoms. The van der Waals surface area contributed by atoms with Gasteiger partial charge in [0, 0.05) is 6.07 Å². The lowest BCUT2D eigenvalue weighted by Crippen LogP contribution is -1.98. The lowest BCUT2D eigenvalue weighted by atomic mass is 10.2. The summed E-state index contributed by atoms with van der Waals surface area (Å²) in [6.45, 7) is 0. The minimum Gasteiger partial charge on any atom is -0.508 e. The lowest BCUT2D eigenvalue weighted by Gasteiger charge is -2.03. The Morgan fingerprint density at radius 2 is 1.42 bits per heavy atom. The van der Waals surface area contributed by atoms with E-state index in [9.17, 15) is 13.5 Å². The number of aromatic hydroxyl groups is 1. The topological polar surface area (TPSA) is 100 Å². The fraction of sp³-hybridized carbons (Fsp3) is 0. The quantitative estimate of drug-likeness (QED) is 0.518. The Balaban J connectivity index is 2.35. The largest absolute Gasteiger partial charge is 0.508 e. The summed E-state index contributed by atoms with van der Waals surface area (Å²) in [4.78, 5) is 8.28. The van der Waals surface area contributed by atoms with E-state index in [1.807, 2.05) is 0 Å². The molecule has 3 aromatic rings. The van der Waals surface area contributed by atoms with E-state index in [2.05, 4.69) is 9.97 Å².